The minimum absolute atomic E-state index is 0.271. The summed E-state index contributed by atoms with van der Waals surface area (Å²) in [5, 5.41) is 13.3. The lowest BCUT2D eigenvalue weighted by Crippen LogP contribution is -2.46. The highest BCUT2D eigenvalue weighted by atomic mass is 16.3. The quantitative estimate of drug-likeness (QED) is 0.518. The Kier molecular flexibility index (Phi) is 4.77. The van der Waals surface area contributed by atoms with Gasteiger partial charge in [-0.15, -0.1) is 0 Å². The molecule has 0 aliphatic carbocycles. The lowest BCUT2D eigenvalue weighted by molar-refractivity contribution is -0.645. The fourth-order valence-electron chi connectivity index (χ4n) is 3.43. The van der Waals surface area contributed by atoms with Crippen molar-refractivity contribution < 1.29 is 9.67 Å². The molecule has 4 aromatic rings. The number of rotatable bonds is 4. The second-order valence-corrected chi connectivity index (χ2v) is 6.47. The van der Waals surface area contributed by atoms with Gasteiger partial charge < -0.3 is 5.11 Å². The molecule has 1 aromatic heterocycles. The van der Waals surface area contributed by atoms with Crippen molar-refractivity contribution in [1.29, 1.82) is 0 Å². The SMILES string of the molecule is CCc1c([O-])[n+](-c2ccccc2)c(-c2ccccc2)n(-c2ccccc2)c1=O. The van der Waals surface area contributed by atoms with Gasteiger partial charge in [0, 0.05) is 0 Å². The van der Waals surface area contributed by atoms with Gasteiger partial charge in [-0.1, -0.05) is 61.5 Å². The van der Waals surface area contributed by atoms with Gasteiger partial charge in [-0.3, -0.25) is 0 Å². The lowest BCUT2D eigenvalue weighted by atomic mass is 10.1. The molecule has 0 unspecified atom stereocenters. The van der Waals surface area contributed by atoms with E-state index in [0.29, 0.717) is 12.2 Å². The van der Waals surface area contributed by atoms with Gasteiger partial charge in [-0.05, 0) is 42.8 Å². The van der Waals surface area contributed by atoms with E-state index < -0.39 is 0 Å². The smallest absolute Gasteiger partial charge is 0.345 e. The molecule has 0 radical (unpaired) electrons. The molecule has 0 aliphatic heterocycles. The first-order valence-corrected chi connectivity index (χ1v) is 9.29. The summed E-state index contributed by atoms with van der Waals surface area (Å²) in [5.41, 5.74) is 2.25. The third kappa shape index (κ3) is 2.99. The van der Waals surface area contributed by atoms with E-state index in [1.165, 1.54) is 0 Å². The minimum atomic E-state index is -0.273. The molecule has 0 saturated carbocycles. The Morgan fingerprint density at radius 2 is 1.36 bits per heavy atom. The Balaban J connectivity index is 2.21. The normalized spacial score (nSPS) is 10.8. The van der Waals surface area contributed by atoms with Crippen LogP contribution in [-0.2, 0) is 6.42 Å². The molecule has 28 heavy (non-hydrogen) atoms. The number of nitrogens with zero attached hydrogens (tertiary/aromatic N) is 2. The number of hydrogen-bond acceptors (Lipinski definition) is 2. The van der Waals surface area contributed by atoms with Crippen LogP contribution in [0, 0.1) is 0 Å². The summed E-state index contributed by atoms with van der Waals surface area (Å²) in [6.07, 6.45) is 0.367. The van der Waals surface area contributed by atoms with Crippen LogP contribution in [0.3, 0.4) is 0 Å². The average molecular weight is 368 g/mol. The van der Waals surface area contributed by atoms with Gasteiger partial charge >= 0.3 is 11.4 Å². The molecule has 0 atom stereocenters. The van der Waals surface area contributed by atoms with Gasteiger partial charge in [0.2, 0.25) is 0 Å². The van der Waals surface area contributed by atoms with Crippen molar-refractivity contribution in [2.24, 2.45) is 0 Å². The Bertz CT molecular complexity index is 1150. The van der Waals surface area contributed by atoms with Crippen LogP contribution < -0.4 is 15.2 Å². The van der Waals surface area contributed by atoms with Crippen LogP contribution in [0.15, 0.2) is 95.8 Å². The van der Waals surface area contributed by atoms with Crippen molar-refractivity contribution in [2.45, 2.75) is 13.3 Å². The van der Waals surface area contributed by atoms with Crippen molar-refractivity contribution in [3.05, 3.63) is 107 Å². The molecule has 0 bridgehead atoms. The summed E-state index contributed by atoms with van der Waals surface area (Å²) >= 11 is 0. The van der Waals surface area contributed by atoms with Crippen molar-refractivity contribution in [3.8, 4) is 28.6 Å². The number of benzene rings is 3. The van der Waals surface area contributed by atoms with Crippen molar-refractivity contribution in [1.82, 2.24) is 4.57 Å². The zero-order valence-corrected chi connectivity index (χ0v) is 15.6. The van der Waals surface area contributed by atoms with Crippen LogP contribution in [0.4, 0.5) is 0 Å². The van der Waals surface area contributed by atoms with E-state index in [4.69, 9.17) is 0 Å². The van der Waals surface area contributed by atoms with E-state index in [1.807, 2.05) is 97.9 Å². The highest BCUT2D eigenvalue weighted by Crippen LogP contribution is 2.23. The summed E-state index contributed by atoms with van der Waals surface area (Å²) in [7, 11) is 0. The van der Waals surface area contributed by atoms with Crippen molar-refractivity contribution >= 4 is 0 Å². The lowest BCUT2D eigenvalue weighted by Gasteiger charge is -2.20. The van der Waals surface area contributed by atoms with Crippen LogP contribution in [0.5, 0.6) is 5.88 Å². The number of para-hydroxylation sites is 2. The molecule has 0 fully saturated rings. The maximum absolute atomic E-state index is 13.3. The molecular weight excluding hydrogens is 348 g/mol. The monoisotopic (exact) mass is 368 g/mol. The number of aromatic nitrogens is 2. The Labute approximate surface area is 163 Å². The third-order valence-electron chi connectivity index (χ3n) is 4.76. The largest absolute Gasteiger partial charge is 0.842 e. The van der Waals surface area contributed by atoms with E-state index in [-0.39, 0.29) is 17.0 Å². The van der Waals surface area contributed by atoms with Gasteiger partial charge in [-0.25, -0.2) is 9.36 Å². The van der Waals surface area contributed by atoms with E-state index in [0.717, 1.165) is 16.9 Å². The maximum Gasteiger partial charge on any atom is 0.345 e. The molecule has 0 amide bonds. The van der Waals surface area contributed by atoms with Gasteiger partial charge in [0.1, 0.15) is 11.4 Å². The van der Waals surface area contributed by atoms with Crippen molar-refractivity contribution in [2.75, 3.05) is 0 Å². The van der Waals surface area contributed by atoms with Gasteiger partial charge in [0.05, 0.1) is 17.0 Å². The summed E-state index contributed by atoms with van der Waals surface area (Å²) in [6, 6.07) is 28.5. The molecular formula is C24H20N2O2. The highest BCUT2D eigenvalue weighted by molar-refractivity contribution is 5.57. The topological polar surface area (TPSA) is 48.9 Å². The first-order valence-electron chi connectivity index (χ1n) is 9.29. The van der Waals surface area contributed by atoms with Crippen molar-refractivity contribution in [3.63, 3.8) is 0 Å². The molecule has 0 spiro atoms. The first kappa shape index (κ1) is 17.7. The Morgan fingerprint density at radius 1 is 0.821 bits per heavy atom. The van der Waals surface area contributed by atoms with Gasteiger partial charge in [0.25, 0.3) is 0 Å². The fraction of sp³-hybridized carbons (Fsp3) is 0.0833. The van der Waals surface area contributed by atoms with Gasteiger partial charge in [-0.2, -0.15) is 4.57 Å². The zero-order chi connectivity index (χ0) is 19.5. The van der Waals surface area contributed by atoms with Crippen LogP contribution in [0.1, 0.15) is 12.5 Å². The first-order chi connectivity index (χ1) is 13.7. The molecule has 138 valence electrons. The molecule has 0 N–H and O–H groups in total. The van der Waals surface area contributed by atoms with Gasteiger partial charge in [0.15, 0.2) is 0 Å². The van der Waals surface area contributed by atoms with Crippen LogP contribution in [0.2, 0.25) is 0 Å². The number of hydrogen-bond donors (Lipinski definition) is 0. The Morgan fingerprint density at radius 3 is 1.93 bits per heavy atom. The molecule has 4 heteroatoms. The minimum Gasteiger partial charge on any atom is -0.842 e. The fourth-order valence-corrected chi connectivity index (χ4v) is 3.43. The second-order valence-electron chi connectivity index (χ2n) is 6.47. The van der Waals surface area contributed by atoms with Crippen LogP contribution >= 0.6 is 0 Å². The summed E-state index contributed by atoms with van der Waals surface area (Å²) in [6.45, 7) is 1.84. The average Bonchev–Trinajstić information content (AvgIpc) is 2.75. The molecule has 4 rings (SSSR count). The van der Waals surface area contributed by atoms with E-state index in [9.17, 15) is 9.90 Å². The standard InChI is InChI=1S/C24H20N2O2/c1-2-21-23(27)25(19-14-8-4-9-15-19)22(18-12-6-3-7-13-18)26(24(21)28)20-16-10-5-11-17-20/h3-17H,2H2,1H3. The molecule has 4 nitrogen and oxygen atoms in total. The predicted octanol–water partition coefficient (Wildman–Crippen LogP) is 3.42. The summed E-state index contributed by atoms with van der Waals surface area (Å²) in [4.78, 5) is 13.3. The van der Waals surface area contributed by atoms with Crippen LogP contribution in [0.25, 0.3) is 22.8 Å². The molecule has 1 heterocycles. The molecule has 0 aliphatic rings. The second kappa shape index (κ2) is 7.53. The summed E-state index contributed by atoms with van der Waals surface area (Å²) in [5.74, 6) is 0.273. The zero-order valence-electron chi connectivity index (χ0n) is 15.6. The highest BCUT2D eigenvalue weighted by Gasteiger charge is 2.27. The predicted molar refractivity (Wildman–Crippen MR) is 108 cm³/mol. The maximum atomic E-state index is 13.3. The molecule has 0 saturated heterocycles. The molecule has 3 aromatic carbocycles. The van der Waals surface area contributed by atoms with E-state index >= 15 is 0 Å². The summed E-state index contributed by atoms with van der Waals surface area (Å²) < 4.78 is 3.28. The third-order valence-corrected chi connectivity index (χ3v) is 4.76. The van der Waals surface area contributed by atoms with Crippen LogP contribution in [-0.4, -0.2) is 4.57 Å². The van der Waals surface area contributed by atoms with E-state index in [1.54, 1.807) is 9.13 Å². The Hall–Kier alpha value is -3.66. The van der Waals surface area contributed by atoms with E-state index in [2.05, 4.69) is 0 Å².